The molecule has 0 amide bonds. The van der Waals surface area contributed by atoms with E-state index in [-0.39, 0.29) is 6.10 Å². The molecule has 1 N–H and O–H groups in total. The first-order valence-electron chi connectivity index (χ1n) is 6.29. The molecule has 17 heavy (non-hydrogen) atoms. The van der Waals surface area contributed by atoms with Gasteiger partial charge in [0.2, 0.25) is 0 Å². The Morgan fingerprint density at radius 2 is 2.35 bits per heavy atom. The quantitative estimate of drug-likeness (QED) is 0.812. The highest BCUT2D eigenvalue weighted by Crippen LogP contribution is 2.32. The van der Waals surface area contributed by atoms with Crippen molar-refractivity contribution in [1.82, 2.24) is 5.32 Å². The summed E-state index contributed by atoms with van der Waals surface area (Å²) in [6, 6.07) is 0.665. The van der Waals surface area contributed by atoms with E-state index in [1.54, 1.807) is 14.2 Å². The van der Waals surface area contributed by atoms with Crippen LogP contribution in [0.15, 0.2) is 4.99 Å². The topological polar surface area (TPSA) is 42.8 Å². The number of nitrogens with zero attached hydrogens (tertiary/aromatic N) is 1. The number of rotatable bonds is 5. The van der Waals surface area contributed by atoms with Crippen molar-refractivity contribution in [2.45, 2.75) is 31.4 Å². The van der Waals surface area contributed by atoms with Gasteiger partial charge in [0, 0.05) is 26.0 Å². The molecule has 0 bridgehead atoms. The van der Waals surface area contributed by atoms with E-state index in [1.807, 2.05) is 11.8 Å². The highest BCUT2D eigenvalue weighted by atomic mass is 32.2. The van der Waals surface area contributed by atoms with Crippen LogP contribution >= 0.6 is 11.8 Å². The molecule has 2 rings (SSSR count). The Bertz CT molecular complexity index is 273. The van der Waals surface area contributed by atoms with Crippen LogP contribution in [0.5, 0.6) is 0 Å². The van der Waals surface area contributed by atoms with Crippen molar-refractivity contribution in [2.24, 2.45) is 10.9 Å². The van der Waals surface area contributed by atoms with E-state index >= 15 is 0 Å². The molecule has 3 atom stereocenters. The van der Waals surface area contributed by atoms with Crippen LogP contribution < -0.4 is 5.32 Å². The van der Waals surface area contributed by atoms with Gasteiger partial charge in [-0.25, -0.2) is 0 Å². The second-order valence-electron chi connectivity index (χ2n) is 4.71. The summed E-state index contributed by atoms with van der Waals surface area (Å²) in [4.78, 5) is 4.60. The Morgan fingerprint density at radius 1 is 1.47 bits per heavy atom. The lowest BCUT2D eigenvalue weighted by Crippen LogP contribution is -2.42. The van der Waals surface area contributed by atoms with Gasteiger partial charge in [-0.2, -0.15) is 0 Å². The molecule has 1 aliphatic heterocycles. The van der Waals surface area contributed by atoms with E-state index in [4.69, 9.17) is 9.47 Å². The van der Waals surface area contributed by atoms with Crippen molar-refractivity contribution in [2.75, 3.05) is 33.1 Å². The molecule has 3 unspecified atom stereocenters. The molecule has 2 aliphatic rings. The van der Waals surface area contributed by atoms with E-state index in [9.17, 15) is 0 Å². The van der Waals surface area contributed by atoms with Crippen molar-refractivity contribution in [1.29, 1.82) is 0 Å². The maximum absolute atomic E-state index is 5.30. The van der Waals surface area contributed by atoms with Crippen molar-refractivity contribution in [3.63, 3.8) is 0 Å². The third kappa shape index (κ3) is 3.60. The van der Waals surface area contributed by atoms with E-state index < -0.39 is 0 Å². The average molecular weight is 258 g/mol. The molecule has 1 aliphatic carbocycles. The average Bonchev–Trinajstić information content (AvgIpc) is 2.81. The van der Waals surface area contributed by atoms with Gasteiger partial charge in [-0.05, 0) is 18.8 Å². The molecule has 98 valence electrons. The van der Waals surface area contributed by atoms with Gasteiger partial charge < -0.3 is 14.8 Å². The summed E-state index contributed by atoms with van der Waals surface area (Å²) >= 11 is 1.85. The standard InChI is InChI=1S/C12H22N2O2S/c1-15-7-10(16-2)6-13-12-14-11-5-3-4-9(11)8-17-12/h9-11H,3-8H2,1-2H3,(H,13,14). The number of aliphatic imine (C=N–C) groups is 1. The lowest BCUT2D eigenvalue weighted by molar-refractivity contribution is 0.0344. The first-order chi connectivity index (χ1) is 8.33. The summed E-state index contributed by atoms with van der Waals surface area (Å²) in [5, 5.41) is 4.64. The Hall–Kier alpha value is -0.260. The van der Waals surface area contributed by atoms with Gasteiger partial charge in [-0.15, -0.1) is 0 Å². The lowest BCUT2D eigenvalue weighted by atomic mass is 10.1. The summed E-state index contributed by atoms with van der Waals surface area (Å²) in [5.74, 6) is 2.08. The van der Waals surface area contributed by atoms with Crippen molar-refractivity contribution < 1.29 is 9.47 Å². The van der Waals surface area contributed by atoms with Gasteiger partial charge in [0.25, 0.3) is 0 Å². The minimum absolute atomic E-state index is 0.0659. The summed E-state index contributed by atoms with van der Waals surface area (Å²) in [7, 11) is 3.40. The van der Waals surface area contributed by atoms with Crippen LogP contribution in [0.25, 0.3) is 0 Å². The molecular formula is C12H22N2O2S. The Morgan fingerprint density at radius 3 is 3.12 bits per heavy atom. The molecule has 4 nitrogen and oxygen atoms in total. The Kier molecular flexibility index (Phi) is 5.13. The number of methoxy groups -OCH3 is 2. The van der Waals surface area contributed by atoms with E-state index in [0.29, 0.717) is 19.2 Å². The number of nitrogens with one attached hydrogen (secondary N) is 1. The lowest BCUT2D eigenvalue weighted by Gasteiger charge is -2.28. The van der Waals surface area contributed by atoms with Gasteiger partial charge in [0.05, 0.1) is 19.3 Å². The summed E-state index contributed by atoms with van der Waals surface area (Å²) in [6.45, 7) is 1.28. The highest BCUT2D eigenvalue weighted by molar-refractivity contribution is 8.13. The van der Waals surface area contributed by atoms with Crippen LogP contribution in [0.4, 0.5) is 0 Å². The monoisotopic (exact) mass is 258 g/mol. The predicted octanol–water partition coefficient (Wildman–Crippen LogP) is 1.51. The van der Waals surface area contributed by atoms with Crippen molar-refractivity contribution in [3.8, 4) is 0 Å². The number of hydrogen-bond donors (Lipinski definition) is 1. The largest absolute Gasteiger partial charge is 0.382 e. The molecule has 5 heteroatoms. The van der Waals surface area contributed by atoms with Gasteiger partial charge >= 0.3 is 0 Å². The number of fused-ring (bicyclic) bond motifs is 1. The highest BCUT2D eigenvalue weighted by Gasteiger charge is 2.31. The summed E-state index contributed by atoms with van der Waals surface area (Å²) in [6.07, 6.45) is 4.11. The normalized spacial score (nSPS) is 32.2. The third-order valence-electron chi connectivity index (χ3n) is 3.53. The van der Waals surface area contributed by atoms with Gasteiger partial charge in [-0.3, -0.25) is 4.99 Å². The molecule has 0 aromatic carbocycles. The number of amidine groups is 1. The number of thioether (sulfide) groups is 1. The van der Waals surface area contributed by atoms with Gasteiger partial charge in [0.1, 0.15) is 0 Å². The van der Waals surface area contributed by atoms with Crippen LogP contribution in [0.3, 0.4) is 0 Å². The fourth-order valence-electron chi connectivity index (χ4n) is 2.47. The molecular weight excluding hydrogens is 236 g/mol. The maximum Gasteiger partial charge on any atom is 0.156 e. The van der Waals surface area contributed by atoms with Gasteiger partial charge in [-0.1, -0.05) is 18.2 Å². The molecule has 0 radical (unpaired) electrons. The predicted molar refractivity (Wildman–Crippen MR) is 71.7 cm³/mol. The Balaban J connectivity index is 1.81. The zero-order chi connectivity index (χ0) is 12.1. The van der Waals surface area contributed by atoms with Crippen LogP contribution in [0.1, 0.15) is 19.3 Å². The van der Waals surface area contributed by atoms with E-state index in [0.717, 1.165) is 11.1 Å². The van der Waals surface area contributed by atoms with E-state index in [1.165, 1.54) is 25.0 Å². The fourth-order valence-corrected chi connectivity index (χ4v) is 3.64. The molecule has 0 aromatic heterocycles. The summed E-state index contributed by atoms with van der Waals surface area (Å²) < 4.78 is 10.4. The smallest absolute Gasteiger partial charge is 0.156 e. The van der Waals surface area contributed by atoms with Crippen LogP contribution in [0, 0.1) is 5.92 Å². The third-order valence-corrected chi connectivity index (χ3v) is 4.64. The molecule has 2 fully saturated rings. The first kappa shape index (κ1) is 13.2. The molecule has 1 heterocycles. The van der Waals surface area contributed by atoms with Crippen molar-refractivity contribution >= 4 is 16.9 Å². The zero-order valence-electron chi connectivity index (χ0n) is 10.6. The summed E-state index contributed by atoms with van der Waals surface area (Å²) in [5.41, 5.74) is 0. The molecule has 1 saturated carbocycles. The van der Waals surface area contributed by atoms with Crippen LogP contribution in [-0.4, -0.2) is 50.4 Å². The van der Waals surface area contributed by atoms with Gasteiger partial charge in [0.15, 0.2) is 5.17 Å². The fraction of sp³-hybridized carbons (Fsp3) is 0.917. The van der Waals surface area contributed by atoms with E-state index in [2.05, 4.69) is 10.3 Å². The minimum Gasteiger partial charge on any atom is -0.382 e. The number of hydrogen-bond acceptors (Lipinski definition) is 4. The molecule has 0 aromatic rings. The van der Waals surface area contributed by atoms with Crippen molar-refractivity contribution in [3.05, 3.63) is 0 Å². The van der Waals surface area contributed by atoms with Crippen LogP contribution in [-0.2, 0) is 9.47 Å². The SMILES string of the molecule is COCC(CN=C1NC2CCCC2CS1)OC. The molecule has 0 spiro atoms. The number of ether oxygens (including phenoxy) is 2. The second kappa shape index (κ2) is 6.61. The molecule has 1 saturated heterocycles. The zero-order valence-corrected chi connectivity index (χ0v) is 11.5. The first-order valence-corrected chi connectivity index (χ1v) is 7.27. The van der Waals surface area contributed by atoms with Crippen LogP contribution in [0.2, 0.25) is 0 Å². The second-order valence-corrected chi connectivity index (χ2v) is 5.72. The minimum atomic E-state index is 0.0659. The maximum atomic E-state index is 5.30. The Labute approximate surface area is 108 Å².